The van der Waals surface area contributed by atoms with Crippen molar-refractivity contribution in [2.45, 2.75) is 13.0 Å². The molecule has 3 N–H and O–H groups in total. The van der Waals surface area contributed by atoms with Crippen molar-refractivity contribution in [1.29, 1.82) is 0 Å². The summed E-state index contributed by atoms with van der Waals surface area (Å²) in [5, 5.41) is 9.53. The summed E-state index contributed by atoms with van der Waals surface area (Å²) in [5.74, 6) is 1.17. The van der Waals surface area contributed by atoms with Crippen molar-refractivity contribution in [2.75, 3.05) is 19.8 Å². The van der Waals surface area contributed by atoms with E-state index in [1.54, 1.807) is 0 Å². The Kier molecular flexibility index (Phi) is 3.23. The Morgan fingerprint density at radius 1 is 1.50 bits per heavy atom. The summed E-state index contributed by atoms with van der Waals surface area (Å²) in [6, 6.07) is 1.34. The van der Waals surface area contributed by atoms with Crippen LogP contribution in [0, 0.1) is 6.92 Å². The van der Waals surface area contributed by atoms with E-state index in [9.17, 15) is 0 Å². The number of hydrogen-bond acceptors (Lipinski definition) is 4. The summed E-state index contributed by atoms with van der Waals surface area (Å²) in [7, 11) is 0. The fourth-order valence-corrected chi connectivity index (χ4v) is 2.26. The number of benzene rings is 1. The quantitative estimate of drug-likeness (QED) is 0.825. The summed E-state index contributed by atoms with van der Waals surface area (Å²) >= 11 is 6.21. The van der Waals surface area contributed by atoms with E-state index in [4.69, 9.17) is 31.9 Å². The van der Waals surface area contributed by atoms with Gasteiger partial charge in [-0.15, -0.1) is 0 Å². The van der Waals surface area contributed by atoms with Crippen LogP contribution in [0.2, 0.25) is 5.02 Å². The Balaban J connectivity index is 2.54. The lowest BCUT2D eigenvalue weighted by Crippen LogP contribution is -2.20. The van der Waals surface area contributed by atoms with Crippen LogP contribution in [0.15, 0.2) is 6.07 Å². The molecule has 0 aliphatic carbocycles. The lowest BCUT2D eigenvalue weighted by molar-refractivity contribution is 0.171. The maximum Gasteiger partial charge on any atom is 0.180 e. The predicted molar refractivity (Wildman–Crippen MR) is 61.2 cm³/mol. The number of halogens is 1. The molecule has 5 heteroatoms. The van der Waals surface area contributed by atoms with Crippen LogP contribution in [-0.4, -0.2) is 24.9 Å². The maximum absolute atomic E-state index is 9.09. The summed E-state index contributed by atoms with van der Waals surface area (Å²) in [6.45, 7) is 2.73. The number of hydrogen-bond donors (Lipinski definition) is 2. The van der Waals surface area contributed by atoms with E-state index >= 15 is 0 Å². The van der Waals surface area contributed by atoms with E-state index in [0.29, 0.717) is 35.3 Å². The minimum atomic E-state index is -0.497. The molecule has 4 nitrogen and oxygen atoms in total. The number of ether oxygens (including phenoxy) is 2. The van der Waals surface area contributed by atoms with E-state index in [2.05, 4.69) is 0 Å². The van der Waals surface area contributed by atoms with Gasteiger partial charge in [0.2, 0.25) is 0 Å². The van der Waals surface area contributed by atoms with Gasteiger partial charge in [0.1, 0.15) is 13.2 Å². The van der Waals surface area contributed by atoms with Crippen molar-refractivity contribution in [1.82, 2.24) is 0 Å². The standard InChI is InChI=1S/C11H14ClNO3/c1-6-4-8-11(16-3-2-15-8)10(12)9(6)7(13)5-14/h4,7,14H,2-3,5,13H2,1H3. The molecule has 1 unspecified atom stereocenters. The van der Waals surface area contributed by atoms with Crippen molar-refractivity contribution in [3.63, 3.8) is 0 Å². The molecule has 88 valence electrons. The van der Waals surface area contributed by atoms with Crippen molar-refractivity contribution >= 4 is 11.6 Å². The lowest BCUT2D eigenvalue weighted by Gasteiger charge is -2.23. The van der Waals surface area contributed by atoms with Gasteiger partial charge in [-0.25, -0.2) is 0 Å². The zero-order chi connectivity index (χ0) is 11.7. The zero-order valence-electron chi connectivity index (χ0n) is 9.00. The molecular formula is C11H14ClNO3. The molecule has 1 aliphatic rings. The molecular weight excluding hydrogens is 230 g/mol. The van der Waals surface area contributed by atoms with Crippen LogP contribution in [0.4, 0.5) is 0 Å². The molecule has 16 heavy (non-hydrogen) atoms. The van der Waals surface area contributed by atoms with Crippen LogP contribution < -0.4 is 15.2 Å². The number of rotatable bonds is 2. The minimum absolute atomic E-state index is 0.153. The SMILES string of the molecule is Cc1cc2c(c(Cl)c1C(N)CO)OCCO2. The van der Waals surface area contributed by atoms with Gasteiger partial charge in [0, 0.05) is 0 Å². The van der Waals surface area contributed by atoms with Gasteiger partial charge in [-0.2, -0.15) is 0 Å². The van der Waals surface area contributed by atoms with Crippen LogP contribution in [0.5, 0.6) is 11.5 Å². The first-order valence-corrected chi connectivity index (χ1v) is 5.48. The zero-order valence-corrected chi connectivity index (χ0v) is 9.75. The molecule has 1 aromatic rings. The van der Waals surface area contributed by atoms with Gasteiger partial charge < -0.3 is 20.3 Å². The molecule has 1 aliphatic heterocycles. The topological polar surface area (TPSA) is 64.7 Å². The second-order valence-corrected chi connectivity index (χ2v) is 4.11. The molecule has 0 aromatic heterocycles. The molecule has 0 amide bonds. The first kappa shape index (κ1) is 11.5. The number of aliphatic hydroxyl groups is 1. The highest BCUT2D eigenvalue weighted by Crippen LogP contribution is 2.42. The van der Waals surface area contributed by atoms with Crippen LogP contribution in [0.3, 0.4) is 0 Å². The summed E-state index contributed by atoms with van der Waals surface area (Å²) in [4.78, 5) is 0. The van der Waals surface area contributed by atoms with Gasteiger partial charge in [0.25, 0.3) is 0 Å². The number of nitrogens with two attached hydrogens (primary N) is 1. The predicted octanol–water partition coefficient (Wildman–Crippen LogP) is 1.41. The fourth-order valence-electron chi connectivity index (χ4n) is 1.83. The van der Waals surface area contributed by atoms with Crippen molar-refractivity contribution < 1.29 is 14.6 Å². The average molecular weight is 244 g/mol. The summed E-state index contributed by atoms with van der Waals surface area (Å²) < 4.78 is 10.9. The molecule has 1 aromatic carbocycles. The van der Waals surface area contributed by atoms with E-state index in [1.165, 1.54) is 0 Å². The lowest BCUT2D eigenvalue weighted by atomic mass is 10.0. The first-order chi connectivity index (χ1) is 7.65. The summed E-state index contributed by atoms with van der Waals surface area (Å²) in [5.41, 5.74) is 7.41. The van der Waals surface area contributed by atoms with Crippen molar-refractivity contribution in [3.05, 3.63) is 22.2 Å². The van der Waals surface area contributed by atoms with Gasteiger partial charge in [-0.05, 0) is 24.1 Å². The van der Waals surface area contributed by atoms with Gasteiger partial charge in [0.15, 0.2) is 11.5 Å². The van der Waals surface area contributed by atoms with E-state index in [1.807, 2.05) is 13.0 Å². The third-order valence-electron chi connectivity index (χ3n) is 2.59. The Morgan fingerprint density at radius 3 is 2.88 bits per heavy atom. The highest BCUT2D eigenvalue weighted by atomic mass is 35.5. The second kappa shape index (κ2) is 4.49. The molecule has 2 rings (SSSR count). The Morgan fingerprint density at radius 2 is 2.19 bits per heavy atom. The molecule has 0 saturated heterocycles. The normalized spacial score (nSPS) is 16.0. The number of aryl methyl sites for hydroxylation is 1. The van der Waals surface area contributed by atoms with E-state index < -0.39 is 6.04 Å². The molecule has 0 fully saturated rings. The maximum atomic E-state index is 9.09. The minimum Gasteiger partial charge on any atom is -0.486 e. The van der Waals surface area contributed by atoms with E-state index in [0.717, 1.165) is 5.56 Å². The van der Waals surface area contributed by atoms with E-state index in [-0.39, 0.29) is 6.61 Å². The fraction of sp³-hybridized carbons (Fsp3) is 0.455. The summed E-state index contributed by atoms with van der Waals surface area (Å²) in [6.07, 6.45) is 0. The van der Waals surface area contributed by atoms with Gasteiger partial charge >= 0.3 is 0 Å². The van der Waals surface area contributed by atoms with Gasteiger partial charge in [-0.1, -0.05) is 11.6 Å². The second-order valence-electron chi connectivity index (χ2n) is 3.73. The smallest absolute Gasteiger partial charge is 0.180 e. The Bertz CT molecular complexity index is 409. The molecule has 1 atom stereocenters. The molecule has 1 heterocycles. The first-order valence-electron chi connectivity index (χ1n) is 5.10. The van der Waals surface area contributed by atoms with Crippen LogP contribution in [0.1, 0.15) is 17.2 Å². The van der Waals surface area contributed by atoms with Crippen LogP contribution in [-0.2, 0) is 0 Å². The monoisotopic (exact) mass is 243 g/mol. The van der Waals surface area contributed by atoms with Crippen LogP contribution in [0.25, 0.3) is 0 Å². The number of fused-ring (bicyclic) bond motifs is 1. The van der Waals surface area contributed by atoms with Gasteiger partial charge in [-0.3, -0.25) is 0 Å². The largest absolute Gasteiger partial charge is 0.486 e. The third kappa shape index (κ3) is 1.84. The Labute approximate surface area is 98.9 Å². The van der Waals surface area contributed by atoms with Crippen molar-refractivity contribution in [3.8, 4) is 11.5 Å². The van der Waals surface area contributed by atoms with Gasteiger partial charge in [0.05, 0.1) is 17.7 Å². The highest BCUT2D eigenvalue weighted by Gasteiger charge is 2.23. The highest BCUT2D eigenvalue weighted by molar-refractivity contribution is 6.33. The third-order valence-corrected chi connectivity index (χ3v) is 2.96. The number of aliphatic hydroxyl groups excluding tert-OH is 1. The Hall–Kier alpha value is -0.970. The molecule has 0 radical (unpaired) electrons. The molecule has 0 bridgehead atoms. The van der Waals surface area contributed by atoms with Crippen molar-refractivity contribution in [2.24, 2.45) is 5.73 Å². The van der Waals surface area contributed by atoms with Crippen LogP contribution >= 0.6 is 11.6 Å². The molecule has 0 saturated carbocycles. The average Bonchev–Trinajstić information content (AvgIpc) is 2.28. The molecule has 0 spiro atoms.